The Morgan fingerprint density at radius 1 is 1.36 bits per heavy atom. The molecule has 0 unspecified atom stereocenters. The molecule has 4 nitrogen and oxygen atoms in total. The molecule has 1 aliphatic rings. The molecule has 3 rings (SSSR count). The van der Waals surface area contributed by atoms with Crippen LogP contribution in [-0.4, -0.2) is 30.1 Å². The van der Waals surface area contributed by atoms with E-state index in [-0.39, 0.29) is 18.1 Å². The molecule has 1 aromatic carbocycles. The smallest absolute Gasteiger partial charge is 0.224 e. The van der Waals surface area contributed by atoms with Gasteiger partial charge in [-0.2, -0.15) is 0 Å². The Labute approximate surface area is 130 Å². The third-order valence-corrected chi connectivity index (χ3v) is 4.34. The Morgan fingerprint density at radius 3 is 3.09 bits per heavy atom. The van der Waals surface area contributed by atoms with Crippen LogP contribution in [0.1, 0.15) is 31.2 Å². The summed E-state index contributed by atoms with van der Waals surface area (Å²) in [6.07, 6.45) is 6.62. The highest BCUT2D eigenvalue weighted by atomic mass is 16.5. The van der Waals surface area contributed by atoms with Gasteiger partial charge in [0.2, 0.25) is 5.91 Å². The van der Waals surface area contributed by atoms with Gasteiger partial charge in [-0.1, -0.05) is 18.2 Å². The van der Waals surface area contributed by atoms with Crippen molar-refractivity contribution in [2.75, 3.05) is 7.11 Å². The number of benzene rings is 1. The fourth-order valence-electron chi connectivity index (χ4n) is 3.17. The SMILES string of the molecule is CO[C@@H]1CCC[C@H](NC(=O)Cc2cnc3ccccc3c2)C1. The molecular weight excluding hydrogens is 276 g/mol. The van der Waals surface area contributed by atoms with Gasteiger partial charge in [0.25, 0.3) is 0 Å². The first-order valence-electron chi connectivity index (χ1n) is 7.90. The number of pyridine rings is 1. The molecule has 1 fully saturated rings. The Bertz CT molecular complexity index is 656. The van der Waals surface area contributed by atoms with Crippen molar-refractivity contribution in [3.8, 4) is 0 Å². The van der Waals surface area contributed by atoms with Gasteiger partial charge < -0.3 is 10.1 Å². The van der Waals surface area contributed by atoms with Crippen LogP contribution in [0.2, 0.25) is 0 Å². The lowest BCUT2D eigenvalue weighted by Crippen LogP contribution is -2.40. The molecule has 0 spiro atoms. The van der Waals surface area contributed by atoms with Crippen LogP contribution in [0.25, 0.3) is 10.9 Å². The first kappa shape index (κ1) is 15.0. The Kier molecular flexibility index (Phi) is 4.68. The number of carbonyl (C=O) groups is 1. The van der Waals surface area contributed by atoms with Crippen molar-refractivity contribution >= 4 is 16.8 Å². The van der Waals surface area contributed by atoms with Crippen molar-refractivity contribution in [3.63, 3.8) is 0 Å². The molecule has 0 saturated heterocycles. The maximum atomic E-state index is 12.2. The van der Waals surface area contributed by atoms with Gasteiger partial charge in [-0.05, 0) is 43.4 Å². The number of hydrogen-bond donors (Lipinski definition) is 1. The number of nitrogens with zero attached hydrogens (tertiary/aromatic N) is 1. The van der Waals surface area contributed by atoms with Gasteiger partial charge in [0, 0.05) is 24.7 Å². The zero-order valence-corrected chi connectivity index (χ0v) is 12.9. The van der Waals surface area contributed by atoms with Crippen LogP contribution >= 0.6 is 0 Å². The van der Waals surface area contributed by atoms with Crippen LogP contribution in [0.3, 0.4) is 0 Å². The summed E-state index contributed by atoms with van der Waals surface area (Å²) in [4.78, 5) is 16.6. The highest BCUT2D eigenvalue weighted by Crippen LogP contribution is 2.21. The summed E-state index contributed by atoms with van der Waals surface area (Å²) >= 11 is 0. The van der Waals surface area contributed by atoms with Gasteiger partial charge >= 0.3 is 0 Å². The second-order valence-corrected chi connectivity index (χ2v) is 6.00. The summed E-state index contributed by atoms with van der Waals surface area (Å²) in [6, 6.07) is 10.2. The maximum absolute atomic E-state index is 12.2. The highest BCUT2D eigenvalue weighted by Gasteiger charge is 2.22. The summed E-state index contributed by atoms with van der Waals surface area (Å²) in [5.74, 6) is 0.0684. The molecule has 0 bridgehead atoms. The maximum Gasteiger partial charge on any atom is 0.224 e. The molecule has 1 saturated carbocycles. The van der Waals surface area contributed by atoms with E-state index in [9.17, 15) is 4.79 Å². The van der Waals surface area contributed by atoms with Gasteiger partial charge in [-0.25, -0.2) is 0 Å². The number of rotatable bonds is 4. The van der Waals surface area contributed by atoms with Gasteiger partial charge in [0.1, 0.15) is 0 Å². The van der Waals surface area contributed by atoms with Crippen LogP contribution in [0.15, 0.2) is 36.5 Å². The van der Waals surface area contributed by atoms with E-state index in [1.165, 1.54) is 0 Å². The molecule has 1 amide bonds. The second kappa shape index (κ2) is 6.88. The summed E-state index contributed by atoms with van der Waals surface area (Å²) in [5.41, 5.74) is 1.91. The number of amides is 1. The van der Waals surface area contributed by atoms with Gasteiger partial charge in [0.05, 0.1) is 18.0 Å². The number of nitrogens with one attached hydrogen (secondary N) is 1. The van der Waals surface area contributed by atoms with E-state index in [0.717, 1.165) is 42.1 Å². The van der Waals surface area contributed by atoms with Crippen molar-refractivity contribution in [3.05, 3.63) is 42.1 Å². The molecule has 2 aromatic rings. The topological polar surface area (TPSA) is 51.2 Å². The molecule has 1 N–H and O–H groups in total. The highest BCUT2D eigenvalue weighted by molar-refractivity contribution is 5.82. The molecule has 0 radical (unpaired) electrons. The lowest BCUT2D eigenvalue weighted by atomic mass is 9.92. The van der Waals surface area contributed by atoms with E-state index in [1.807, 2.05) is 30.3 Å². The molecule has 1 aliphatic carbocycles. The molecule has 2 atom stereocenters. The number of carbonyl (C=O) groups excluding carboxylic acids is 1. The lowest BCUT2D eigenvalue weighted by molar-refractivity contribution is -0.121. The largest absolute Gasteiger partial charge is 0.381 e. The molecule has 4 heteroatoms. The van der Waals surface area contributed by atoms with Crippen molar-refractivity contribution in [1.29, 1.82) is 0 Å². The van der Waals surface area contributed by atoms with Crippen LogP contribution in [0.4, 0.5) is 0 Å². The Balaban J connectivity index is 1.60. The molecular formula is C18H22N2O2. The zero-order chi connectivity index (χ0) is 15.4. The zero-order valence-electron chi connectivity index (χ0n) is 12.9. The predicted octanol–water partition coefficient (Wildman–Crippen LogP) is 2.85. The summed E-state index contributed by atoms with van der Waals surface area (Å²) in [5, 5.41) is 4.21. The normalized spacial score (nSPS) is 21.7. The first-order valence-corrected chi connectivity index (χ1v) is 7.90. The van der Waals surface area contributed by atoms with Crippen molar-refractivity contribution in [1.82, 2.24) is 10.3 Å². The van der Waals surface area contributed by atoms with Crippen LogP contribution < -0.4 is 5.32 Å². The Hall–Kier alpha value is -1.94. The van der Waals surface area contributed by atoms with E-state index < -0.39 is 0 Å². The number of hydrogen-bond acceptors (Lipinski definition) is 3. The first-order chi connectivity index (χ1) is 10.7. The van der Waals surface area contributed by atoms with E-state index in [4.69, 9.17) is 4.74 Å². The summed E-state index contributed by atoms with van der Waals surface area (Å²) in [7, 11) is 1.75. The molecule has 1 heterocycles. The molecule has 22 heavy (non-hydrogen) atoms. The summed E-state index contributed by atoms with van der Waals surface area (Å²) in [6.45, 7) is 0. The van der Waals surface area contributed by atoms with E-state index in [0.29, 0.717) is 6.42 Å². The van der Waals surface area contributed by atoms with E-state index in [1.54, 1.807) is 13.3 Å². The third kappa shape index (κ3) is 3.63. The van der Waals surface area contributed by atoms with Gasteiger partial charge in [-0.3, -0.25) is 9.78 Å². The fraction of sp³-hybridized carbons (Fsp3) is 0.444. The van der Waals surface area contributed by atoms with Crippen LogP contribution in [-0.2, 0) is 16.0 Å². The minimum atomic E-state index is 0.0684. The predicted molar refractivity (Wildman–Crippen MR) is 86.6 cm³/mol. The number of ether oxygens (including phenoxy) is 1. The Morgan fingerprint density at radius 2 is 2.23 bits per heavy atom. The lowest BCUT2D eigenvalue weighted by Gasteiger charge is -2.28. The van der Waals surface area contributed by atoms with Crippen LogP contribution in [0, 0.1) is 0 Å². The summed E-state index contributed by atoms with van der Waals surface area (Å²) < 4.78 is 5.41. The van der Waals surface area contributed by atoms with Crippen molar-refractivity contribution in [2.45, 2.75) is 44.2 Å². The van der Waals surface area contributed by atoms with Crippen LogP contribution in [0.5, 0.6) is 0 Å². The van der Waals surface area contributed by atoms with Gasteiger partial charge in [-0.15, -0.1) is 0 Å². The van der Waals surface area contributed by atoms with E-state index in [2.05, 4.69) is 10.3 Å². The van der Waals surface area contributed by atoms with Gasteiger partial charge in [0.15, 0.2) is 0 Å². The molecule has 1 aromatic heterocycles. The molecule has 116 valence electrons. The van der Waals surface area contributed by atoms with Crippen molar-refractivity contribution in [2.24, 2.45) is 0 Å². The number of fused-ring (bicyclic) bond motifs is 1. The number of methoxy groups -OCH3 is 1. The standard InChI is InChI=1S/C18H22N2O2/c1-22-16-7-4-6-15(11-16)20-18(21)10-13-9-14-5-2-3-8-17(14)19-12-13/h2-3,5,8-9,12,15-16H,4,6-7,10-11H2,1H3,(H,20,21)/t15-,16+/m0/s1. The quantitative estimate of drug-likeness (QED) is 0.944. The van der Waals surface area contributed by atoms with Crippen molar-refractivity contribution < 1.29 is 9.53 Å². The minimum Gasteiger partial charge on any atom is -0.381 e. The van der Waals surface area contributed by atoms with E-state index >= 15 is 0 Å². The number of aromatic nitrogens is 1. The fourth-order valence-corrected chi connectivity index (χ4v) is 3.17. The average molecular weight is 298 g/mol. The third-order valence-electron chi connectivity index (χ3n) is 4.34. The number of para-hydroxylation sites is 1. The molecule has 0 aliphatic heterocycles. The average Bonchev–Trinajstić information content (AvgIpc) is 2.55. The monoisotopic (exact) mass is 298 g/mol. The minimum absolute atomic E-state index is 0.0684. The second-order valence-electron chi connectivity index (χ2n) is 6.00.